The third-order valence-electron chi connectivity index (χ3n) is 5.58. The second-order valence-corrected chi connectivity index (χ2v) is 6.95. The van der Waals surface area contributed by atoms with Gasteiger partial charge in [-0.15, -0.1) is 0 Å². The third-order valence-corrected chi connectivity index (χ3v) is 5.58. The minimum atomic E-state index is 0.128. The zero-order valence-corrected chi connectivity index (χ0v) is 14.5. The van der Waals surface area contributed by atoms with Crippen molar-refractivity contribution >= 4 is 43.1 Å². The Kier molecular flexibility index (Phi) is 3.56. The zero-order valence-electron chi connectivity index (χ0n) is 14.5. The van der Waals surface area contributed by atoms with Gasteiger partial charge in [0.2, 0.25) is 0 Å². The van der Waals surface area contributed by atoms with E-state index < -0.39 is 0 Å². The molecule has 5 rings (SSSR count). The highest BCUT2D eigenvalue weighted by Crippen LogP contribution is 2.42. The van der Waals surface area contributed by atoms with Crippen molar-refractivity contribution < 1.29 is 10.2 Å². The molecule has 0 bridgehead atoms. The Morgan fingerprint density at radius 3 is 1.50 bits per heavy atom. The fraction of sp³-hybridized carbons (Fsp3) is 0.167. The largest absolute Gasteiger partial charge is 0.396 e. The molecule has 0 aromatic heterocycles. The van der Waals surface area contributed by atoms with Crippen LogP contribution in [0.1, 0.15) is 11.1 Å². The van der Waals surface area contributed by atoms with Gasteiger partial charge in [0.15, 0.2) is 0 Å². The molecule has 0 aliphatic heterocycles. The number of aliphatic hydroxyl groups excluding tert-OH is 2. The van der Waals surface area contributed by atoms with E-state index in [2.05, 4.69) is 60.7 Å². The van der Waals surface area contributed by atoms with Crippen LogP contribution in [0.5, 0.6) is 0 Å². The van der Waals surface area contributed by atoms with Crippen LogP contribution in [0.3, 0.4) is 0 Å². The molecule has 2 nitrogen and oxygen atoms in total. The van der Waals surface area contributed by atoms with Gasteiger partial charge < -0.3 is 10.2 Å². The van der Waals surface area contributed by atoms with Gasteiger partial charge in [-0.3, -0.25) is 0 Å². The highest BCUT2D eigenvalue weighted by molar-refractivity contribution is 6.33. The highest BCUT2D eigenvalue weighted by atomic mass is 16.3. The molecule has 0 fully saturated rings. The van der Waals surface area contributed by atoms with Crippen LogP contribution >= 0.6 is 0 Å². The third kappa shape index (κ3) is 2.06. The van der Waals surface area contributed by atoms with E-state index >= 15 is 0 Å². The van der Waals surface area contributed by atoms with Gasteiger partial charge in [0.05, 0.1) is 0 Å². The summed E-state index contributed by atoms with van der Waals surface area (Å²) in [6.45, 7) is 0.257. The molecule has 128 valence electrons. The van der Waals surface area contributed by atoms with Crippen LogP contribution in [0.15, 0.2) is 60.7 Å². The van der Waals surface area contributed by atoms with Gasteiger partial charge in [0.1, 0.15) is 0 Å². The summed E-state index contributed by atoms with van der Waals surface area (Å²) in [5.41, 5.74) is 2.31. The van der Waals surface area contributed by atoms with E-state index in [4.69, 9.17) is 0 Å². The summed E-state index contributed by atoms with van der Waals surface area (Å²) in [7, 11) is 0. The lowest BCUT2D eigenvalue weighted by atomic mass is 9.85. The first-order valence-corrected chi connectivity index (χ1v) is 9.15. The molecule has 0 amide bonds. The number of rotatable bonds is 4. The Hall–Kier alpha value is -2.68. The molecule has 0 atom stereocenters. The summed E-state index contributed by atoms with van der Waals surface area (Å²) in [4.78, 5) is 0. The lowest BCUT2D eigenvalue weighted by Gasteiger charge is -2.18. The van der Waals surface area contributed by atoms with Gasteiger partial charge in [-0.1, -0.05) is 60.7 Å². The predicted molar refractivity (Wildman–Crippen MR) is 109 cm³/mol. The van der Waals surface area contributed by atoms with Gasteiger partial charge in [-0.25, -0.2) is 0 Å². The van der Waals surface area contributed by atoms with Gasteiger partial charge >= 0.3 is 0 Å². The second kappa shape index (κ2) is 5.94. The molecule has 2 heteroatoms. The van der Waals surface area contributed by atoms with E-state index in [-0.39, 0.29) is 13.2 Å². The molecule has 0 unspecified atom stereocenters. The molecule has 0 radical (unpaired) electrons. The van der Waals surface area contributed by atoms with Crippen molar-refractivity contribution in [2.45, 2.75) is 12.8 Å². The average molecular weight is 340 g/mol. The Bertz CT molecular complexity index is 1160. The van der Waals surface area contributed by atoms with Crippen LogP contribution in [0, 0.1) is 0 Å². The van der Waals surface area contributed by atoms with Gasteiger partial charge in [-0.2, -0.15) is 0 Å². The maximum Gasteiger partial charge on any atom is 0.0471 e. The molecule has 26 heavy (non-hydrogen) atoms. The van der Waals surface area contributed by atoms with Crippen LogP contribution in [-0.4, -0.2) is 23.4 Å². The summed E-state index contributed by atoms with van der Waals surface area (Å²) >= 11 is 0. The SMILES string of the molecule is OCCc1ccc2c3cccc4cccc(c5ccc(CCO)c1c25)c43. The summed E-state index contributed by atoms with van der Waals surface area (Å²) in [6, 6.07) is 21.7. The van der Waals surface area contributed by atoms with Crippen molar-refractivity contribution in [1.82, 2.24) is 0 Å². The minimum Gasteiger partial charge on any atom is -0.396 e. The molecule has 0 heterocycles. The molecule has 0 aliphatic rings. The molecule has 0 saturated heterocycles. The van der Waals surface area contributed by atoms with E-state index in [1.54, 1.807) is 0 Å². The molecule has 0 saturated carbocycles. The van der Waals surface area contributed by atoms with E-state index in [1.165, 1.54) is 43.1 Å². The van der Waals surface area contributed by atoms with Gasteiger partial charge in [0, 0.05) is 13.2 Å². The maximum atomic E-state index is 9.54. The standard InChI is InChI=1S/C24H20O2/c25-13-11-16-7-9-20-18-5-1-3-15-4-2-6-19(23(15)18)21-10-8-17(12-14-26)22(16)24(20)21/h1-10,25-26H,11-14H2. The molecule has 0 spiro atoms. The summed E-state index contributed by atoms with van der Waals surface area (Å²) in [5.74, 6) is 0. The topological polar surface area (TPSA) is 40.5 Å². The number of aliphatic hydroxyl groups is 2. The van der Waals surface area contributed by atoms with Gasteiger partial charge in [0.25, 0.3) is 0 Å². The van der Waals surface area contributed by atoms with Crippen LogP contribution in [0.4, 0.5) is 0 Å². The second-order valence-electron chi connectivity index (χ2n) is 6.95. The van der Waals surface area contributed by atoms with E-state index in [0.717, 1.165) is 11.1 Å². The average Bonchev–Trinajstić information content (AvgIpc) is 2.68. The normalized spacial score (nSPS) is 12.1. The Balaban J connectivity index is 2.08. The monoisotopic (exact) mass is 340 g/mol. The van der Waals surface area contributed by atoms with E-state index in [0.29, 0.717) is 12.8 Å². The quantitative estimate of drug-likeness (QED) is 0.364. The summed E-state index contributed by atoms with van der Waals surface area (Å²) in [6.07, 6.45) is 1.26. The van der Waals surface area contributed by atoms with Crippen molar-refractivity contribution in [3.05, 3.63) is 71.8 Å². The van der Waals surface area contributed by atoms with Crippen molar-refractivity contribution in [3.63, 3.8) is 0 Å². The molecular weight excluding hydrogens is 320 g/mol. The fourth-order valence-electron chi connectivity index (χ4n) is 4.54. The van der Waals surface area contributed by atoms with E-state index in [1.807, 2.05) is 0 Å². The lowest BCUT2D eigenvalue weighted by molar-refractivity contribution is 0.299. The lowest BCUT2D eigenvalue weighted by Crippen LogP contribution is -1.99. The van der Waals surface area contributed by atoms with Crippen molar-refractivity contribution in [3.8, 4) is 0 Å². The molecule has 0 aliphatic carbocycles. The summed E-state index contributed by atoms with van der Waals surface area (Å²) < 4.78 is 0. The fourth-order valence-corrected chi connectivity index (χ4v) is 4.54. The Morgan fingerprint density at radius 2 is 1.00 bits per heavy atom. The van der Waals surface area contributed by atoms with Crippen LogP contribution in [-0.2, 0) is 12.8 Å². The highest BCUT2D eigenvalue weighted by Gasteiger charge is 2.16. The number of fused-ring (bicyclic) bond motifs is 2. The summed E-state index contributed by atoms with van der Waals surface area (Å²) in [5, 5.41) is 29.2. The molecule has 2 N–H and O–H groups in total. The maximum absolute atomic E-state index is 9.54. The first kappa shape index (κ1) is 15.6. The number of hydrogen-bond acceptors (Lipinski definition) is 2. The molecular formula is C24H20O2. The number of benzene rings is 5. The molecule has 5 aromatic carbocycles. The first-order chi connectivity index (χ1) is 12.8. The van der Waals surface area contributed by atoms with Crippen molar-refractivity contribution in [1.29, 1.82) is 0 Å². The van der Waals surface area contributed by atoms with E-state index in [9.17, 15) is 10.2 Å². The Labute approximate surface area is 151 Å². The molecule has 5 aromatic rings. The smallest absolute Gasteiger partial charge is 0.0471 e. The van der Waals surface area contributed by atoms with Crippen molar-refractivity contribution in [2.24, 2.45) is 0 Å². The Morgan fingerprint density at radius 1 is 0.500 bits per heavy atom. The van der Waals surface area contributed by atoms with Crippen molar-refractivity contribution in [2.75, 3.05) is 13.2 Å². The zero-order chi connectivity index (χ0) is 17.7. The first-order valence-electron chi connectivity index (χ1n) is 9.15. The minimum absolute atomic E-state index is 0.128. The van der Waals surface area contributed by atoms with Crippen LogP contribution in [0.2, 0.25) is 0 Å². The van der Waals surface area contributed by atoms with Crippen LogP contribution in [0.25, 0.3) is 43.1 Å². The van der Waals surface area contributed by atoms with Crippen LogP contribution < -0.4 is 0 Å². The number of hydrogen-bond donors (Lipinski definition) is 2. The predicted octanol–water partition coefficient (Wildman–Crippen LogP) is 4.81. The van der Waals surface area contributed by atoms with Gasteiger partial charge in [-0.05, 0) is 67.1 Å².